The molecule has 0 fully saturated rings. The molecule has 0 bridgehead atoms. The number of nitrogens with one attached hydrogen (secondary N) is 1. The van der Waals surface area contributed by atoms with Gasteiger partial charge >= 0.3 is 0 Å². The molecule has 21 heavy (non-hydrogen) atoms. The zero-order valence-electron chi connectivity index (χ0n) is 11.9. The Morgan fingerprint density at radius 1 is 1.29 bits per heavy atom. The average Bonchev–Trinajstić information content (AvgIpc) is 2.46. The van der Waals surface area contributed by atoms with Crippen LogP contribution in [0.4, 0.5) is 5.69 Å². The van der Waals surface area contributed by atoms with Crippen molar-refractivity contribution in [1.82, 2.24) is 0 Å². The van der Waals surface area contributed by atoms with Crippen molar-refractivity contribution in [3.05, 3.63) is 56.1 Å². The fourth-order valence-electron chi connectivity index (χ4n) is 2.06. The molecule has 0 aliphatic rings. The van der Waals surface area contributed by atoms with Crippen molar-refractivity contribution < 1.29 is 9.84 Å². The largest absolute Gasteiger partial charge is 0.496 e. The molecule has 0 aliphatic heterocycles. The van der Waals surface area contributed by atoms with Crippen LogP contribution in [0.3, 0.4) is 0 Å². The minimum Gasteiger partial charge on any atom is -0.496 e. The van der Waals surface area contributed by atoms with E-state index in [1.165, 1.54) is 0 Å². The number of rotatable bonds is 5. The number of benzene rings is 2. The normalized spacial score (nSPS) is 12.0. The van der Waals surface area contributed by atoms with Gasteiger partial charge in [0.1, 0.15) is 5.75 Å². The Morgan fingerprint density at radius 2 is 2.05 bits per heavy atom. The number of methoxy groups -OCH3 is 1. The van der Waals surface area contributed by atoms with Crippen LogP contribution in [0.2, 0.25) is 5.02 Å². The van der Waals surface area contributed by atoms with Crippen molar-refractivity contribution in [1.29, 1.82) is 0 Å². The third kappa shape index (κ3) is 4.25. The highest BCUT2D eigenvalue weighted by atomic mass is 127. The molecule has 5 heteroatoms. The zero-order chi connectivity index (χ0) is 15.4. The Hall–Kier alpha value is -0.980. The first kappa shape index (κ1) is 16.4. The van der Waals surface area contributed by atoms with Crippen molar-refractivity contribution in [2.24, 2.45) is 0 Å². The summed E-state index contributed by atoms with van der Waals surface area (Å²) in [5, 5.41) is 14.2. The summed E-state index contributed by atoms with van der Waals surface area (Å²) < 4.78 is 6.37. The molecular formula is C16H17ClINO2. The van der Waals surface area contributed by atoms with E-state index in [2.05, 4.69) is 27.9 Å². The molecule has 0 saturated carbocycles. The highest BCUT2D eigenvalue weighted by Gasteiger charge is 2.14. The predicted molar refractivity (Wildman–Crippen MR) is 95.3 cm³/mol. The van der Waals surface area contributed by atoms with Gasteiger partial charge in [-0.15, -0.1) is 0 Å². The van der Waals surface area contributed by atoms with Gasteiger partial charge in [0.25, 0.3) is 0 Å². The van der Waals surface area contributed by atoms with Crippen molar-refractivity contribution in [3.63, 3.8) is 0 Å². The molecule has 112 valence electrons. The molecule has 0 spiro atoms. The molecule has 0 heterocycles. The summed E-state index contributed by atoms with van der Waals surface area (Å²) in [5.41, 5.74) is 2.66. The number of aliphatic hydroxyl groups is 1. The summed E-state index contributed by atoms with van der Waals surface area (Å²) in [4.78, 5) is 0. The van der Waals surface area contributed by atoms with Crippen LogP contribution in [-0.4, -0.2) is 18.8 Å². The van der Waals surface area contributed by atoms with Crippen LogP contribution < -0.4 is 10.1 Å². The second-order valence-electron chi connectivity index (χ2n) is 4.77. The minimum atomic E-state index is -0.671. The summed E-state index contributed by atoms with van der Waals surface area (Å²) in [7, 11) is 1.60. The molecule has 1 atom stereocenters. The van der Waals surface area contributed by atoms with Crippen LogP contribution in [0, 0.1) is 10.5 Å². The number of aliphatic hydroxyl groups excluding tert-OH is 1. The van der Waals surface area contributed by atoms with Crippen molar-refractivity contribution >= 4 is 39.9 Å². The topological polar surface area (TPSA) is 41.5 Å². The van der Waals surface area contributed by atoms with Gasteiger partial charge in [0, 0.05) is 15.7 Å². The van der Waals surface area contributed by atoms with Crippen molar-refractivity contribution in [2.75, 3.05) is 19.0 Å². The summed E-state index contributed by atoms with van der Waals surface area (Å²) in [6, 6.07) is 11.5. The summed E-state index contributed by atoms with van der Waals surface area (Å²) in [6.45, 7) is 2.35. The standard InChI is InChI=1S/C16H17ClINO2/c1-10-3-6-16(21-2)12(7-10)15(20)9-19-14-5-4-11(18)8-13(14)17/h3-8,15,19-20H,9H2,1-2H3. The monoisotopic (exact) mass is 417 g/mol. The lowest BCUT2D eigenvalue weighted by atomic mass is 10.1. The minimum absolute atomic E-state index is 0.361. The summed E-state index contributed by atoms with van der Waals surface area (Å²) >= 11 is 8.38. The fourth-order valence-corrected chi connectivity index (χ4v) is 2.99. The smallest absolute Gasteiger partial charge is 0.124 e. The number of anilines is 1. The highest BCUT2D eigenvalue weighted by molar-refractivity contribution is 14.1. The van der Waals surface area contributed by atoms with Gasteiger partial charge in [0.05, 0.1) is 23.9 Å². The average molecular weight is 418 g/mol. The van der Waals surface area contributed by atoms with Crippen LogP contribution in [0.25, 0.3) is 0 Å². The number of ether oxygens (including phenoxy) is 1. The van der Waals surface area contributed by atoms with E-state index in [9.17, 15) is 5.11 Å². The molecule has 0 aliphatic carbocycles. The molecule has 0 radical (unpaired) electrons. The van der Waals surface area contributed by atoms with Crippen LogP contribution in [0.1, 0.15) is 17.2 Å². The number of aryl methyl sites for hydroxylation is 1. The highest BCUT2D eigenvalue weighted by Crippen LogP contribution is 2.28. The number of hydrogen-bond donors (Lipinski definition) is 2. The first-order chi connectivity index (χ1) is 10.0. The zero-order valence-corrected chi connectivity index (χ0v) is 14.8. The Labute approximate surface area is 143 Å². The Kier molecular flexibility index (Phi) is 5.72. The van der Waals surface area contributed by atoms with Gasteiger partial charge in [-0.25, -0.2) is 0 Å². The molecular weight excluding hydrogens is 401 g/mol. The van der Waals surface area contributed by atoms with Gasteiger partial charge in [0.2, 0.25) is 0 Å². The van der Waals surface area contributed by atoms with E-state index in [0.29, 0.717) is 17.3 Å². The second-order valence-corrected chi connectivity index (χ2v) is 6.42. The molecule has 2 aromatic carbocycles. The van der Waals surface area contributed by atoms with Gasteiger partial charge in [-0.3, -0.25) is 0 Å². The van der Waals surface area contributed by atoms with Gasteiger partial charge in [0.15, 0.2) is 0 Å². The third-order valence-electron chi connectivity index (χ3n) is 3.16. The first-order valence-electron chi connectivity index (χ1n) is 6.53. The maximum atomic E-state index is 10.4. The molecule has 2 N–H and O–H groups in total. The predicted octanol–water partition coefficient (Wildman–Crippen LogP) is 4.41. The van der Waals surface area contributed by atoms with Crippen LogP contribution in [-0.2, 0) is 0 Å². The van der Waals surface area contributed by atoms with Crippen LogP contribution in [0.5, 0.6) is 5.75 Å². The summed E-state index contributed by atoms with van der Waals surface area (Å²) in [5.74, 6) is 0.684. The molecule has 3 nitrogen and oxygen atoms in total. The Morgan fingerprint density at radius 3 is 2.71 bits per heavy atom. The van der Waals surface area contributed by atoms with Gasteiger partial charge in [-0.1, -0.05) is 23.2 Å². The van der Waals surface area contributed by atoms with Gasteiger partial charge in [-0.2, -0.15) is 0 Å². The lowest BCUT2D eigenvalue weighted by Gasteiger charge is -2.17. The molecule has 2 rings (SSSR count). The third-order valence-corrected chi connectivity index (χ3v) is 4.14. The second kappa shape index (κ2) is 7.33. The van der Waals surface area contributed by atoms with E-state index in [4.69, 9.17) is 16.3 Å². The first-order valence-corrected chi connectivity index (χ1v) is 7.98. The number of halogens is 2. The van der Waals surface area contributed by atoms with Crippen molar-refractivity contribution in [2.45, 2.75) is 13.0 Å². The lowest BCUT2D eigenvalue weighted by Crippen LogP contribution is -2.13. The van der Waals surface area contributed by atoms with E-state index in [-0.39, 0.29) is 0 Å². The lowest BCUT2D eigenvalue weighted by molar-refractivity contribution is 0.187. The maximum absolute atomic E-state index is 10.4. The molecule has 1 unspecified atom stereocenters. The Balaban J connectivity index is 2.11. The SMILES string of the molecule is COc1ccc(C)cc1C(O)CNc1ccc(I)cc1Cl. The van der Waals surface area contributed by atoms with E-state index in [1.54, 1.807) is 7.11 Å². The van der Waals surface area contributed by atoms with E-state index in [0.717, 1.165) is 20.4 Å². The summed E-state index contributed by atoms with van der Waals surface area (Å²) in [6.07, 6.45) is -0.671. The van der Waals surface area contributed by atoms with Crippen molar-refractivity contribution in [3.8, 4) is 5.75 Å². The molecule has 0 saturated heterocycles. The quantitative estimate of drug-likeness (QED) is 0.708. The molecule has 2 aromatic rings. The van der Waals surface area contributed by atoms with Gasteiger partial charge in [-0.05, 0) is 59.8 Å². The van der Waals surface area contributed by atoms with Crippen LogP contribution >= 0.6 is 34.2 Å². The van der Waals surface area contributed by atoms with E-state index >= 15 is 0 Å². The molecule has 0 aromatic heterocycles. The van der Waals surface area contributed by atoms with Crippen LogP contribution in [0.15, 0.2) is 36.4 Å². The fraction of sp³-hybridized carbons (Fsp3) is 0.250. The number of hydrogen-bond acceptors (Lipinski definition) is 3. The van der Waals surface area contributed by atoms with E-state index < -0.39 is 6.10 Å². The maximum Gasteiger partial charge on any atom is 0.124 e. The Bertz CT molecular complexity index is 634. The van der Waals surface area contributed by atoms with Gasteiger partial charge < -0.3 is 15.2 Å². The molecule has 0 amide bonds. The van der Waals surface area contributed by atoms with E-state index in [1.807, 2.05) is 43.3 Å².